The van der Waals surface area contributed by atoms with Crippen LogP contribution in [-0.4, -0.2) is 60.3 Å². The summed E-state index contributed by atoms with van der Waals surface area (Å²) < 4.78 is 26.2. The summed E-state index contributed by atoms with van der Waals surface area (Å²) in [5.41, 5.74) is 0. The molecule has 0 aromatic rings. The molecule has 1 heterocycles. The number of urea groups is 1. The number of rotatable bonds is 5. The molecule has 2 amide bonds. The minimum atomic E-state index is -3.19. The minimum Gasteiger partial charge on any atom is -0.481 e. The van der Waals surface area contributed by atoms with Gasteiger partial charge in [-0.3, -0.25) is 4.79 Å². The number of aliphatic carboxylic acids is 1. The normalized spacial score (nSPS) is 31.3. The Hall–Kier alpha value is -1.35. The van der Waals surface area contributed by atoms with Crippen LogP contribution in [0.25, 0.3) is 0 Å². The molecule has 8 nitrogen and oxygen atoms in total. The van der Waals surface area contributed by atoms with Crippen molar-refractivity contribution in [3.8, 4) is 0 Å². The van der Waals surface area contributed by atoms with Crippen LogP contribution in [0.4, 0.5) is 4.79 Å². The van der Waals surface area contributed by atoms with Crippen molar-refractivity contribution in [3.05, 3.63) is 0 Å². The standard InChI is InChI=1S/C16H27N3O5S/c20-15(21)11-3-5-12(6-4-11)17-16(22)18-13-2-1-9-19(10-13)25(23,24)14-7-8-14/h11-14H,1-10H2,(H,20,21)(H2,17,18,22)/t11?,12?,13-/m1/s1. The summed E-state index contributed by atoms with van der Waals surface area (Å²) in [7, 11) is -3.19. The van der Waals surface area contributed by atoms with Gasteiger partial charge in [-0.2, -0.15) is 4.31 Å². The summed E-state index contributed by atoms with van der Waals surface area (Å²) in [5.74, 6) is -1.07. The Balaban J connectivity index is 1.44. The lowest BCUT2D eigenvalue weighted by Crippen LogP contribution is -2.54. The molecule has 3 aliphatic rings. The maximum atomic E-state index is 12.3. The molecule has 3 rings (SSSR count). The molecule has 25 heavy (non-hydrogen) atoms. The summed E-state index contributed by atoms with van der Waals surface area (Å²) in [6.45, 7) is 0.885. The van der Waals surface area contributed by atoms with E-state index < -0.39 is 16.0 Å². The number of piperidine rings is 1. The fourth-order valence-corrected chi connectivity index (χ4v) is 5.69. The fourth-order valence-electron chi connectivity index (χ4n) is 3.77. The number of amides is 2. The third-order valence-electron chi connectivity index (χ3n) is 5.44. The lowest BCUT2D eigenvalue weighted by Gasteiger charge is -2.33. The molecule has 0 aromatic heterocycles. The second-order valence-electron chi connectivity index (χ2n) is 7.45. The summed E-state index contributed by atoms with van der Waals surface area (Å²) in [6.07, 6.45) is 5.51. The van der Waals surface area contributed by atoms with Crippen molar-refractivity contribution in [2.24, 2.45) is 5.92 Å². The second-order valence-corrected chi connectivity index (χ2v) is 9.66. The van der Waals surface area contributed by atoms with Crippen LogP contribution in [0.15, 0.2) is 0 Å². The molecule has 2 aliphatic carbocycles. The van der Waals surface area contributed by atoms with Crippen molar-refractivity contribution >= 4 is 22.0 Å². The Morgan fingerprint density at radius 1 is 0.920 bits per heavy atom. The van der Waals surface area contributed by atoms with Gasteiger partial charge < -0.3 is 15.7 Å². The first kappa shape index (κ1) is 18.4. The van der Waals surface area contributed by atoms with Gasteiger partial charge in [0.15, 0.2) is 0 Å². The molecule has 0 unspecified atom stereocenters. The second kappa shape index (κ2) is 7.49. The maximum absolute atomic E-state index is 12.3. The average molecular weight is 373 g/mol. The van der Waals surface area contributed by atoms with E-state index >= 15 is 0 Å². The van der Waals surface area contributed by atoms with Gasteiger partial charge in [-0.25, -0.2) is 13.2 Å². The molecule has 2 saturated carbocycles. The smallest absolute Gasteiger partial charge is 0.315 e. The summed E-state index contributed by atoms with van der Waals surface area (Å²) in [5, 5.41) is 14.6. The van der Waals surface area contributed by atoms with Crippen molar-refractivity contribution in [1.29, 1.82) is 0 Å². The Morgan fingerprint density at radius 3 is 2.16 bits per heavy atom. The summed E-state index contributed by atoms with van der Waals surface area (Å²) in [6, 6.07) is -0.461. The molecular weight excluding hydrogens is 346 g/mol. The van der Waals surface area contributed by atoms with Crippen LogP contribution < -0.4 is 10.6 Å². The van der Waals surface area contributed by atoms with E-state index in [-0.39, 0.29) is 29.3 Å². The summed E-state index contributed by atoms with van der Waals surface area (Å²) in [4.78, 5) is 23.1. The molecule has 3 N–H and O–H groups in total. The first-order chi connectivity index (χ1) is 11.9. The van der Waals surface area contributed by atoms with E-state index in [9.17, 15) is 18.0 Å². The van der Waals surface area contributed by atoms with Gasteiger partial charge in [0, 0.05) is 25.2 Å². The molecule has 3 fully saturated rings. The first-order valence-electron chi connectivity index (χ1n) is 9.15. The van der Waals surface area contributed by atoms with Crippen molar-refractivity contribution in [2.75, 3.05) is 13.1 Å². The van der Waals surface area contributed by atoms with Gasteiger partial charge in [-0.15, -0.1) is 0 Å². The highest BCUT2D eigenvalue weighted by atomic mass is 32.2. The topological polar surface area (TPSA) is 116 Å². The highest BCUT2D eigenvalue weighted by Gasteiger charge is 2.41. The lowest BCUT2D eigenvalue weighted by molar-refractivity contribution is -0.142. The number of nitrogens with zero attached hydrogens (tertiary/aromatic N) is 1. The maximum Gasteiger partial charge on any atom is 0.315 e. The number of sulfonamides is 1. The lowest BCUT2D eigenvalue weighted by atomic mass is 9.86. The van der Waals surface area contributed by atoms with Crippen LogP contribution in [0.5, 0.6) is 0 Å². The van der Waals surface area contributed by atoms with Crippen molar-refractivity contribution in [2.45, 2.75) is 68.7 Å². The van der Waals surface area contributed by atoms with E-state index in [0.29, 0.717) is 38.8 Å². The molecule has 0 aromatic carbocycles. The number of hydrogen-bond acceptors (Lipinski definition) is 4. The third kappa shape index (κ3) is 4.63. The zero-order valence-corrected chi connectivity index (χ0v) is 15.1. The molecular formula is C16H27N3O5S. The number of carboxylic acid groups (broad SMARTS) is 1. The number of nitrogens with one attached hydrogen (secondary N) is 2. The number of carboxylic acids is 1. The number of hydrogen-bond donors (Lipinski definition) is 3. The molecule has 0 radical (unpaired) electrons. The molecule has 1 atom stereocenters. The first-order valence-corrected chi connectivity index (χ1v) is 10.7. The highest BCUT2D eigenvalue weighted by molar-refractivity contribution is 7.90. The average Bonchev–Trinajstić information content (AvgIpc) is 3.41. The zero-order chi connectivity index (χ0) is 18.0. The van der Waals surface area contributed by atoms with Crippen LogP contribution in [0.3, 0.4) is 0 Å². The van der Waals surface area contributed by atoms with E-state index in [0.717, 1.165) is 25.7 Å². The van der Waals surface area contributed by atoms with Crippen LogP contribution in [-0.2, 0) is 14.8 Å². The Kier molecular flexibility index (Phi) is 5.52. The van der Waals surface area contributed by atoms with Crippen LogP contribution in [0.2, 0.25) is 0 Å². The van der Waals surface area contributed by atoms with E-state index in [1.54, 1.807) is 0 Å². The van der Waals surface area contributed by atoms with E-state index in [2.05, 4.69) is 10.6 Å². The molecule has 142 valence electrons. The number of carbonyl (C=O) groups excluding carboxylic acids is 1. The Bertz CT molecular complexity index is 611. The van der Waals surface area contributed by atoms with Gasteiger partial charge in [-0.1, -0.05) is 0 Å². The van der Waals surface area contributed by atoms with Crippen LogP contribution in [0, 0.1) is 5.92 Å². The largest absolute Gasteiger partial charge is 0.481 e. The quantitative estimate of drug-likeness (QED) is 0.662. The van der Waals surface area contributed by atoms with Gasteiger partial charge in [0.1, 0.15) is 0 Å². The van der Waals surface area contributed by atoms with Crippen molar-refractivity contribution in [1.82, 2.24) is 14.9 Å². The molecule has 1 saturated heterocycles. The Labute approximate surface area is 148 Å². The van der Waals surface area contributed by atoms with Crippen molar-refractivity contribution < 1.29 is 23.1 Å². The van der Waals surface area contributed by atoms with Gasteiger partial charge in [-0.05, 0) is 51.4 Å². The zero-order valence-electron chi connectivity index (χ0n) is 14.3. The van der Waals surface area contributed by atoms with E-state index in [1.165, 1.54) is 4.31 Å². The SMILES string of the molecule is O=C(NC1CCC(C(=O)O)CC1)N[C@@H]1CCCN(S(=O)(=O)C2CC2)C1. The molecule has 9 heteroatoms. The predicted molar refractivity (Wildman–Crippen MR) is 91.6 cm³/mol. The molecule has 0 bridgehead atoms. The predicted octanol–water partition coefficient (Wildman–Crippen LogP) is 0.886. The van der Waals surface area contributed by atoms with E-state index in [1.807, 2.05) is 0 Å². The van der Waals surface area contributed by atoms with Crippen molar-refractivity contribution in [3.63, 3.8) is 0 Å². The third-order valence-corrected chi connectivity index (χ3v) is 7.80. The minimum absolute atomic E-state index is 0.00881. The van der Waals surface area contributed by atoms with Gasteiger partial charge in [0.25, 0.3) is 0 Å². The monoisotopic (exact) mass is 373 g/mol. The van der Waals surface area contributed by atoms with Crippen LogP contribution >= 0.6 is 0 Å². The highest BCUT2D eigenvalue weighted by Crippen LogP contribution is 2.32. The Morgan fingerprint density at radius 2 is 1.56 bits per heavy atom. The van der Waals surface area contributed by atoms with Gasteiger partial charge in [0.2, 0.25) is 10.0 Å². The number of carbonyl (C=O) groups is 2. The van der Waals surface area contributed by atoms with Gasteiger partial charge in [0.05, 0.1) is 11.2 Å². The van der Waals surface area contributed by atoms with Crippen LogP contribution in [0.1, 0.15) is 51.4 Å². The molecule has 0 spiro atoms. The van der Waals surface area contributed by atoms with E-state index in [4.69, 9.17) is 5.11 Å². The molecule has 1 aliphatic heterocycles. The van der Waals surface area contributed by atoms with Gasteiger partial charge >= 0.3 is 12.0 Å². The summed E-state index contributed by atoms with van der Waals surface area (Å²) >= 11 is 0. The fraction of sp³-hybridized carbons (Fsp3) is 0.875.